The topological polar surface area (TPSA) is 64.3 Å². The summed E-state index contributed by atoms with van der Waals surface area (Å²) in [5, 5.41) is 17.6. The number of carbonyl (C=O) groups is 1. The number of carboxylic acids is 1. The van der Waals surface area contributed by atoms with Gasteiger partial charge in [0.25, 0.3) is 0 Å². The van der Waals surface area contributed by atoms with Crippen LogP contribution in [0.5, 0.6) is 0 Å². The lowest BCUT2D eigenvalue weighted by Crippen LogP contribution is -2.42. The maximum absolute atomic E-state index is 11.0. The van der Waals surface area contributed by atoms with Gasteiger partial charge in [-0.25, -0.2) is 0 Å². The minimum Gasteiger partial charge on any atom is -0.481 e. The molecule has 1 N–H and O–H groups in total. The summed E-state index contributed by atoms with van der Waals surface area (Å²) in [6.07, 6.45) is 3.88. The maximum Gasteiger partial charge on any atom is 0.309 e. The molecule has 1 aliphatic rings. The molecule has 1 rings (SSSR count). The molecule has 1 saturated heterocycles. The Hall–Kier alpha value is -1.24. The van der Waals surface area contributed by atoms with Crippen LogP contribution in [0.15, 0.2) is 0 Å². The van der Waals surface area contributed by atoms with Gasteiger partial charge in [0.15, 0.2) is 6.19 Å². The smallest absolute Gasteiger partial charge is 0.309 e. The molecule has 0 unspecified atom stereocenters. The van der Waals surface area contributed by atoms with Crippen LogP contribution in [0, 0.1) is 16.9 Å². The molecule has 0 bridgehead atoms. The number of nitrogens with zero attached hydrogens (tertiary/aromatic N) is 2. The van der Waals surface area contributed by atoms with E-state index in [1.165, 1.54) is 0 Å². The van der Waals surface area contributed by atoms with E-state index in [-0.39, 0.29) is 0 Å². The summed E-state index contributed by atoms with van der Waals surface area (Å²) < 4.78 is 0. The summed E-state index contributed by atoms with van der Waals surface area (Å²) in [6.45, 7) is 3.06. The molecule has 72 valence electrons. The van der Waals surface area contributed by atoms with Crippen LogP contribution in [0.4, 0.5) is 0 Å². The van der Waals surface area contributed by atoms with Crippen molar-refractivity contribution < 1.29 is 9.90 Å². The molecule has 0 saturated carbocycles. The number of rotatable bonds is 2. The number of carboxylic acid groups (broad SMARTS) is 1. The molecular weight excluding hydrogens is 168 g/mol. The van der Waals surface area contributed by atoms with Gasteiger partial charge < -0.3 is 10.0 Å². The van der Waals surface area contributed by atoms with Crippen molar-refractivity contribution in [1.82, 2.24) is 4.90 Å². The third-order valence-corrected chi connectivity index (χ3v) is 2.99. The number of piperidine rings is 1. The highest BCUT2D eigenvalue weighted by molar-refractivity contribution is 5.74. The van der Waals surface area contributed by atoms with Crippen molar-refractivity contribution in [1.29, 1.82) is 5.26 Å². The Morgan fingerprint density at radius 1 is 1.62 bits per heavy atom. The molecule has 0 amide bonds. The summed E-state index contributed by atoms with van der Waals surface area (Å²) in [4.78, 5) is 12.6. The van der Waals surface area contributed by atoms with Crippen LogP contribution in [0.2, 0.25) is 0 Å². The third kappa shape index (κ3) is 1.74. The standard InChI is InChI=1S/C9H14N2O2/c1-2-9(8(12)13)3-5-11(7-10)6-4-9/h2-6H2,1H3,(H,12,13). The Morgan fingerprint density at radius 3 is 2.46 bits per heavy atom. The summed E-state index contributed by atoms with van der Waals surface area (Å²) in [5.74, 6) is -0.715. The second kappa shape index (κ2) is 3.65. The van der Waals surface area contributed by atoms with Gasteiger partial charge in [0.2, 0.25) is 0 Å². The van der Waals surface area contributed by atoms with Gasteiger partial charge in [-0.15, -0.1) is 0 Å². The van der Waals surface area contributed by atoms with E-state index in [0.717, 1.165) is 0 Å². The summed E-state index contributed by atoms with van der Waals surface area (Å²) in [5.41, 5.74) is -0.576. The van der Waals surface area contributed by atoms with Gasteiger partial charge in [-0.2, -0.15) is 5.26 Å². The molecule has 1 fully saturated rings. The Bertz CT molecular complexity index is 236. The lowest BCUT2D eigenvalue weighted by molar-refractivity contribution is -0.151. The highest BCUT2D eigenvalue weighted by atomic mass is 16.4. The predicted molar refractivity (Wildman–Crippen MR) is 46.8 cm³/mol. The van der Waals surface area contributed by atoms with Crippen LogP contribution < -0.4 is 0 Å². The zero-order chi connectivity index (χ0) is 9.90. The van der Waals surface area contributed by atoms with Gasteiger partial charge in [0.05, 0.1) is 5.41 Å². The molecule has 0 radical (unpaired) electrons. The summed E-state index contributed by atoms with van der Waals surface area (Å²) >= 11 is 0. The van der Waals surface area contributed by atoms with Crippen molar-refractivity contribution in [3.8, 4) is 6.19 Å². The first kappa shape index (κ1) is 9.85. The summed E-state index contributed by atoms with van der Waals surface area (Å²) in [7, 11) is 0. The molecule has 1 aliphatic heterocycles. The summed E-state index contributed by atoms with van der Waals surface area (Å²) in [6, 6.07) is 0. The van der Waals surface area contributed by atoms with Gasteiger partial charge in [-0.1, -0.05) is 6.92 Å². The van der Waals surface area contributed by atoms with Gasteiger partial charge in [-0.05, 0) is 19.3 Å². The van der Waals surface area contributed by atoms with Crippen molar-refractivity contribution in [2.24, 2.45) is 5.41 Å². The van der Waals surface area contributed by atoms with Crippen molar-refractivity contribution in [3.63, 3.8) is 0 Å². The minimum atomic E-state index is -0.715. The Labute approximate surface area is 77.8 Å². The lowest BCUT2D eigenvalue weighted by atomic mass is 9.76. The Balaban J connectivity index is 2.64. The molecule has 0 aromatic heterocycles. The number of aliphatic carboxylic acids is 1. The van der Waals surface area contributed by atoms with Gasteiger partial charge >= 0.3 is 5.97 Å². The molecule has 4 nitrogen and oxygen atoms in total. The van der Waals surface area contributed by atoms with Crippen LogP contribution >= 0.6 is 0 Å². The van der Waals surface area contributed by atoms with Gasteiger partial charge in [-0.3, -0.25) is 4.79 Å². The van der Waals surface area contributed by atoms with Gasteiger partial charge in [0, 0.05) is 13.1 Å². The average Bonchev–Trinajstić information content (AvgIpc) is 2.17. The van der Waals surface area contributed by atoms with E-state index in [0.29, 0.717) is 32.4 Å². The minimum absolute atomic E-state index is 0.576. The molecule has 0 aromatic carbocycles. The number of nitriles is 1. The molecule has 1 heterocycles. The Kier molecular flexibility index (Phi) is 2.76. The molecule has 0 aliphatic carbocycles. The third-order valence-electron chi connectivity index (χ3n) is 2.99. The molecular formula is C9H14N2O2. The fourth-order valence-electron chi connectivity index (χ4n) is 1.75. The zero-order valence-corrected chi connectivity index (χ0v) is 7.79. The SMILES string of the molecule is CCC1(C(=O)O)CCN(C#N)CC1. The highest BCUT2D eigenvalue weighted by Crippen LogP contribution is 2.34. The largest absolute Gasteiger partial charge is 0.481 e. The fourth-order valence-corrected chi connectivity index (χ4v) is 1.75. The number of hydrogen-bond acceptors (Lipinski definition) is 3. The average molecular weight is 182 g/mol. The van der Waals surface area contributed by atoms with Crippen LogP contribution in [0.3, 0.4) is 0 Å². The zero-order valence-electron chi connectivity index (χ0n) is 7.79. The van der Waals surface area contributed by atoms with Crippen molar-refractivity contribution in [3.05, 3.63) is 0 Å². The number of hydrogen-bond donors (Lipinski definition) is 1. The van der Waals surface area contributed by atoms with Crippen molar-refractivity contribution in [2.75, 3.05) is 13.1 Å². The van der Waals surface area contributed by atoms with Crippen LogP contribution in [-0.2, 0) is 4.79 Å². The van der Waals surface area contributed by atoms with Crippen molar-refractivity contribution in [2.45, 2.75) is 26.2 Å². The highest BCUT2D eigenvalue weighted by Gasteiger charge is 2.39. The molecule has 0 atom stereocenters. The van der Waals surface area contributed by atoms with Gasteiger partial charge in [0.1, 0.15) is 0 Å². The molecule has 0 spiro atoms. The second-order valence-corrected chi connectivity index (χ2v) is 3.53. The van der Waals surface area contributed by atoms with E-state index in [4.69, 9.17) is 10.4 Å². The molecule has 13 heavy (non-hydrogen) atoms. The molecule has 4 heteroatoms. The quantitative estimate of drug-likeness (QED) is 0.648. The Morgan fingerprint density at radius 2 is 2.15 bits per heavy atom. The lowest BCUT2D eigenvalue weighted by Gasteiger charge is -2.35. The number of likely N-dealkylation sites (tertiary alicyclic amines) is 1. The maximum atomic E-state index is 11.0. The van der Waals surface area contributed by atoms with E-state index in [9.17, 15) is 4.79 Å². The first-order chi connectivity index (χ1) is 6.14. The predicted octanol–water partition coefficient (Wildman–Crippen LogP) is 1.04. The second-order valence-electron chi connectivity index (χ2n) is 3.53. The monoisotopic (exact) mass is 182 g/mol. The first-order valence-corrected chi connectivity index (χ1v) is 4.53. The van der Waals surface area contributed by atoms with E-state index in [1.54, 1.807) is 4.90 Å². The van der Waals surface area contributed by atoms with Crippen LogP contribution in [0.1, 0.15) is 26.2 Å². The van der Waals surface area contributed by atoms with Crippen LogP contribution in [-0.4, -0.2) is 29.1 Å². The first-order valence-electron chi connectivity index (χ1n) is 4.53. The van der Waals surface area contributed by atoms with E-state index >= 15 is 0 Å². The molecule has 0 aromatic rings. The normalized spacial score (nSPS) is 20.8. The van der Waals surface area contributed by atoms with E-state index in [1.807, 2.05) is 13.1 Å². The fraction of sp³-hybridized carbons (Fsp3) is 0.778. The van der Waals surface area contributed by atoms with Crippen LogP contribution in [0.25, 0.3) is 0 Å². The van der Waals surface area contributed by atoms with Crippen molar-refractivity contribution >= 4 is 5.97 Å². The van der Waals surface area contributed by atoms with E-state index < -0.39 is 11.4 Å². The van der Waals surface area contributed by atoms with E-state index in [2.05, 4.69) is 0 Å².